The van der Waals surface area contributed by atoms with E-state index in [0.29, 0.717) is 0 Å². The fourth-order valence-corrected chi connectivity index (χ4v) is 4.83. The Labute approximate surface area is 126 Å². The van der Waals surface area contributed by atoms with E-state index in [0.717, 1.165) is 34.0 Å². The molecule has 4 rings (SSSR count). The molecule has 1 saturated heterocycles. The Morgan fingerprint density at radius 3 is 2.65 bits per heavy atom. The van der Waals surface area contributed by atoms with E-state index >= 15 is 0 Å². The van der Waals surface area contributed by atoms with E-state index in [9.17, 15) is 4.79 Å². The van der Waals surface area contributed by atoms with Gasteiger partial charge in [-0.15, -0.1) is 11.8 Å². The number of nitrogens with zero attached hydrogens (tertiary/aromatic N) is 1. The second-order valence-electron chi connectivity index (χ2n) is 5.00. The molecule has 1 atom stereocenters. The highest BCUT2D eigenvalue weighted by Crippen LogP contribution is 2.55. The average molecular weight is 302 g/mol. The first kappa shape index (κ1) is 12.3. The Bertz CT molecular complexity index is 700. The van der Waals surface area contributed by atoms with Crippen LogP contribution in [0.15, 0.2) is 48.5 Å². The van der Waals surface area contributed by atoms with Crippen LogP contribution in [0.25, 0.3) is 0 Å². The van der Waals surface area contributed by atoms with Gasteiger partial charge in [-0.05, 0) is 23.8 Å². The summed E-state index contributed by atoms with van der Waals surface area (Å²) in [5, 5.41) is 0.720. The van der Waals surface area contributed by atoms with E-state index < -0.39 is 0 Å². The summed E-state index contributed by atoms with van der Waals surface area (Å²) in [7, 11) is 0. The van der Waals surface area contributed by atoms with Crippen LogP contribution in [0.4, 0.5) is 0 Å². The van der Waals surface area contributed by atoms with Gasteiger partial charge in [-0.1, -0.05) is 41.9 Å². The van der Waals surface area contributed by atoms with E-state index in [2.05, 4.69) is 6.07 Å². The van der Waals surface area contributed by atoms with Gasteiger partial charge in [-0.3, -0.25) is 4.79 Å². The molecule has 0 saturated carbocycles. The molecule has 0 aliphatic carbocycles. The Morgan fingerprint density at radius 1 is 1.10 bits per heavy atom. The van der Waals surface area contributed by atoms with E-state index in [1.165, 1.54) is 0 Å². The third-order valence-corrected chi connectivity index (χ3v) is 5.74. The number of fused-ring (bicyclic) bond motifs is 3. The van der Waals surface area contributed by atoms with Crippen molar-refractivity contribution in [3.8, 4) is 0 Å². The first-order chi connectivity index (χ1) is 9.73. The van der Waals surface area contributed by atoms with Gasteiger partial charge in [0.05, 0.1) is 0 Å². The number of amides is 1. The summed E-state index contributed by atoms with van der Waals surface area (Å²) in [6.07, 6.45) is 0. The Hall–Kier alpha value is -1.45. The van der Waals surface area contributed by atoms with Crippen LogP contribution in [0.2, 0.25) is 5.02 Å². The fraction of sp³-hybridized carbons (Fsp3) is 0.188. The summed E-state index contributed by atoms with van der Waals surface area (Å²) in [5.74, 6) is 1.10. The van der Waals surface area contributed by atoms with E-state index in [1.807, 2.05) is 59.1 Å². The van der Waals surface area contributed by atoms with Crippen molar-refractivity contribution in [1.29, 1.82) is 0 Å². The molecule has 2 aromatic carbocycles. The lowest BCUT2D eigenvalue weighted by Gasteiger charge is -2.32. The van der Waals surface area contributed by atoms with Gasteiger partial charge < -0.3 is 4.90 Å². The molecule has 2 aliphatic rings. The molecule has 20 heavy (non-hydrogen) atoms. The lowest BCUT2D eigenvalue weighted by molar-refractivity contribution is 0.0752. The van der Waals surface area contributed by atoms with Gasteiger partial charge >= 0.3 is 0 Å². The first-order valence-electron chi connectivity index (χ1n) is 6.55. The summed E-state index contributed by atoms with van der Waals surface area (Å²) >= 11 is 7.83. The molecule has 0 bridgehead atoms. The molecule has 0 radical (unpaired) electrons. The molecule has 0 spiro atoms. The maximum absolute atomic E-state index is 12.6. The molecule has 2 aliphatic heterocycles. The molecule has 4 heteroatoms. The van der Waals surface area contributed by atoms with Crippen LogP contribution >= 0.6 is 23.4 Å². The first-order valence-corrected chi connectivity index (χ1v) is 7.91. The quantitative estimate of drug-likeness (QED) is 0.799. The predicted octanol–water partition coefficient (Wildman–Crippen LogP) is 3.74. The number of hydrogen-bond acceptors (Lipinski definition) is 2. The van der Waals surface area contributed by atoms with Crippen LogP contribution in [-0.4, -0.2) is 23.1 Å². The van der Waals surface area contributed by atoms with Crippen LogP contribution in [0.3, 0.4) is 0 Å². The summed E-state index contributed by atoms with van der Waals surface area (Å²) in [6, 6.07) is 15.8. The van der Waals surface area contributed by atoms with E-state index in [1.54, 1.807) is 0 Å². The van der Waals surface area contributed by atoms with Crippen molar-refractivity contribution in [3.05, 3.63) is 70.2 Å². The zero-order valence-corrected chi connectivity index (χ0v) is 12.2. The van der Waals surface area contributed by atoms with Crippen LogP contribution in [0.5, 0.6) is 0 Å². The maximum atomic E-state index is 12.6. The Kier molecular flexibility index (Phi) is 2.63. The molecule has 2 nitrogen and oxygen atoms in total. The number of hydrogen-bond donors (Lipinski definition) is 0. The Morgan fingerprint density at radius 2 is 1.85 bits per heavy atom. The second-order valence-corrected chi connectivity index (χ2v) is 6.73. The van der Waals surface area contributed by atoms with Crippen LogP contribution in [0, 0.1) is 0 Å². The lowest BCUT2D eigenvalue weighted by atomic mass is 9.97. The highest BCUT2D eigenvalue weighted by molar-refractivity contribution is 8.00. The molecule has 0 aromatic heterocycles. The maximum Gasteiger partial charge on any atom is 0.255 e. The van der Waals surface area contributed by atoms with Crippen molar-refractivity contribution < 1.29 is 4.79 Å². The van der Waals surface area contributed by atoms with Gasteiger partial charge in [0, 0.05) is 28.4 Å². The van der Waals surface area contributed by atoms with Crippen molar-refractivity contribution in [3.63, 3.8) is 0 Å². The molecule has 0 unspecified atom stereocenters. The van der Waals surface area contributed by atoms with Gasteiger partial charge in [-0.25, -0.2) is 0 Å². The predicted molar refractivity (Wildman–Crippen MR) is 82.2 cm³/mol. The molecule has 1 fully saturated rings. The monoisotopic (exact) mass is 301 g/mol. The van der Waals surface area contributed by atoms with Crippen molar-refractivity contribution >= 4 is 29.3 Å². The van der Waals surface area contributed by atoms with E-state index in [-0.39, 0.29) is 10.8 Å². The molecule has 2 heterocycles. The van der Waals surface area contributed by atoms with Gasteiger partial charge in [0.2, 0.25) is 0 Å². The number of rotatable bonds is 1. The standard InChI is InChI=1S/C16H12ClNOS/c17-12-7-5-11(6-8-12)16-14-4-2-1-3-13(14)15(19)18(16)9-10-20-16/h1-8H,9-10H2/t16-/m0/s1. The van der Waals surface area contributed by atoms with Gasteiger partial charge in [0.25, 0.3) is 5.91 Å². The molecule has 2 aromatic rings. The summed E-state index contributed by atoms with van der Waals surface area (Å²) in [4.78, 5) is 14.2. The van der Waals surface area contributed by atoms with Crippen molar-refractivity contribution in [2.45, 2.75) is 4.87 Å². The van der Waals surface area contributed by atoms with Gasteiger partial charge in [0.15, 0.2) is 0 Å². The SMILES string of the molecule is O=C1c2ccccc2[C@]2(c3ccc(Cl)cc3)SCCN12. The second kappa shape index (κ2) is 4.27. The molecular weight excluding hydrogens is 290 g/mol. The molecular formula is C16H12ClNOS. The van der Waals surface area contributed by atoms with Crippen LogP contribution in [-0.2, 0) is 4.87 Å². The van der Waals surface area contributed by atoms with Gasteiger partial charge in [-0.2, -0.15) is 0 Å². The van der Waals surface area contributed by atoms with Crippen molar-refractivity contribution in [2.24, 2.45) is 0 Å². The third-order valence-electron chi connectivity index (χ3n) is 4.01. The molecule has 1 amide bonds. The van der Waals surface area contributed by atoms with Crippen LogP contribution < -0.4 is 0 Å². The van der Waals surface area contributed by atoms with E-state index in [4.69, 9.17) is 11.6 Å². The number of thioether (sulfide) groups is 1. The fourth-order valence-electron chi connectivity index (χ4n) is 3.17. The number of halogens is 1. The molecule has 0 N–H and O–H groups in total. The van der Waals surface area contributed by atoms with Crippen molar-refractivity contribution in [1.82, 2.24) is 4.90 Å². The highest BCUT2D eigenvalue weighted by Gasteiger charge is 2.54. The topological polar surface area (TPSA) is 20.3 Å². The number of carbonyl (C=O) groups is 1. The minimum absolute atomic E-state index is 0.139. The summed E-state index contributed by atoms with van der Waals surface area (Å²) in [6.45, 7) is 0.792. The largest absolute Gasteiger partial charge is 0.315 e. The van der Waals surface area contributed by atoms with Crippen LogP contribution in [0.1, 0.15) is 21.5 Å². The minimum Gasteiger partial charge on any atom is -0.315 e. The third kappa shape index (κ3) is 1.45. The zero-order chi connectivity index (χ0) is 13.7. The minimum atomic E-state index is -0.363. The summed E-state index contributed by atoms with van der Waals surface area (Å²) in [5.41, 5.74) is 3.06. The number of carbonyl (C=O) groups excluding carboxylic acids is 1. The smallest absolute Gasteiger partial charge is 0.255 e. The number of benzene rings is 2. The molecule has 100 valence electrons. The van der Waals surface area contributed by atoms with Crippen molar-refractivity contribution in [2.75, 3.05) is 12.3 Å². The lowest BCUT2D eigenvalue weighted by Crippen LogP contribution is -2.37. The normalized spacial score (nSPS) is 23.9. The average Bonchev–Trinajstić information content (AvgIpc) is 3.01. The highest BCUT2D eigenvalue weighted by atomic mass is 35.5. The Balaban J connectivity index is 1.99. The summed E-state index contributed by atoms with van der Waals surface area (Å²) < 4.78 is 0. The zero-order valence-electron chi connectivity index (χ0n) is 10.7. The van der Waals surface area contributed by atoms with Gasteiger partial charge in [0.1, 0.15) is 4.87 Å².